The molecular formula is C19H32N4. The Morgan fingerprint density at radius 1 is 1.26 bits per heavy atom. The number of nitrogens with zero attached hydrogens (tertiary/aromatic N) is 2. The van der Waals surface area contributed by atoms with E-state index in [1.54, 1.807) is 0 Å². The van der Waals surface area contributed by atoms with Gasteiger partial charge in [0.2, 0.25) is 0 Å². The molecule has 1 aromatic rings. The molecule has 0 amide bonds. The lowest BCUT2D eigenvalue weighted by Crippen LogP contribution is -2.36. The lowest BCUT2D eigenvalue weighted by molar-refractivity contribution is 0.273. The highest BCUT2D eigenvalue weighted by molar-refractivity contribution is 5.77. The SMILES string of the molecule is CCN1CCCC1CN=C(N)NCCCCCc1ccccc1. The van der Waals surface area contributed by atoms with Crippen molar-refractivity contribution in [2.45, 2.75) is 51.5 Å². The number of aryl methyl sites for hydroxylation is 1. The molecule has 0 radical (unpaired) electrons. The van der Waals surface area contributed by atoms with Crippen molar-refractivity contribution < 1.29 is 0 Å². The van der Waals surface area contributed by atoms with Gasteiger partial charge >= 0.3 is 0 Å². The number of unbranched alkanes of at least 4 members (excludes halogenated alkanes) is 2. The summed E-state index contributed by atoms with van der Waals surface area (Å²) in [6, 6.07) is 11.3. The van der Waals surface area contributed by atoms with Gasteiger partial charge in [-0.1, -0.05) is 43.7 Å². The fraction of sp³-hybridized carbons (Fsp3) is 0.632. The van der Waals surface area contributed by atoms with Crippen LogP contribution in [0, 0.1) is 0 Å². The monoisotopic (exact) mass is 316 g/mol. The Hall–Kier alpha value is -1.55. The molecule has 1 heterocycles. The van der Waals surface area contributed by atoms with Gasteiger partial charge in [-0.05, 0) is 50.8 Å². The summed E-state index contributed by atoms with van der Waals surface area (Å²) in [7, 11) is 0. The molecule has 3 N–H and O–H groups in total. The van der Waals surface area contributed by atoms with Crippen LogP contribution in [0.4, 0.5) is 0 Å². The molecule has 1 aliphatic heterocycles. The minimum atomic E-state index is 0.589. The third kappa shape index (κ3) is 6.61. The van der Waals surface area contributed by atoms with Gasteiger partial charge in [-0.2, -0.15) is 0 Å². The van der Waals surface area contributed by atoms with Crippen LogP contribution in [0.1, 0.15) is 44.6 Å². The maximum atomic E-state index is 5.96. The summed E-state index contributed by atoms with van der Waals surface area (Å²) in [6.07, 6.45) is 7.32. The summed E-state index contributed by atoms with van der Waals surface area (Å²) >= 11 is 0. The Morgan fingerprint density at radius 3 is 2.87 bits per heavy atom. The quantitative estimate of drug-likeness (QED) is 0.418. The largest absolute Gasteiger partial charge is 0.370 e. The molecule has 1 unspecified atom stereocenters. The van der Waals surface area contributed by atoms with Crippen LogP contribution in [0.3, 0.4) is 0 Å². The third-order valence-corrected chi connectivity index (χ3v) is 4.67. The zero-order valence-electron chi connectivity index (χ0n) is 14.5. The number of nitrogens with two attached hydrogens (primary N) is 1. The highest BCUT2D eigenvalue weighted by Crippen LogP contribution is 2.16. The molecule has 0 aliphatic carbocycles. The first-order chi connectivity index (χ1) is 11.3. The summed E-state index contributed by atoms with van der Waals surface area (Å²) in [5.74, 6) is 0.607. The fourth-order valence-corrected chi connectivity index (χ4v) is 3.27. The van der Waals surface area contributed by atoms with E-state index in [-0.39, 0.29) is 0 Å². The van der Waals surface area contributed by atoms with E-state index >= 15 is 0 Å². The van der Waals surface area contributed by atoms with Crippen LogP contribution in [0.2, 0.25) is 0 Å². The maximum absolute atomic E-state index is 5.96. The van der Waals surface area contributed by atoms with Crippen molar-refractivity contribution in [3.63, 3.8) is 0 Å². The van der Waals surface area contributed by atoms with Crippen molar-refractivity contribution in [1.82, 2.24) is 10.2 Å². The number of likely N-dealkylation sites (N-methyl/N-ethyl adjacent to an activating group) is 1. The van der Waals surface area contributed by atoms with Crippen LogP contribution in [-0.4, -0.2) is 43.1 Å². The first kappa shape index (κ1) is 17.8. The molecule has 1 aliphatic rings. The normalized spacial score (nSPS) is 19.2. The van der Waals surface area contributed by atoms with Crippen LogP contribution in [0.15, 0.2) is 35.3 Å². The van der Waals surface area contributed by atoms with Crippen molar-refractivity contribution in [3.05, 3.63) is 35.9 Å². The van der Waals surface area contributed by atoms with Gasteiger partial charge in [0.1, 0.15) is 0 Å². The molecule has 1 fully saturated rings. The van der Waals surface area contributed by atoms with E-state index in [4.69, 9.17) is 5.73 Å². The number of nitrogens with one attached hydrogen (secondary N) is 1. The van der Waals surface area contributed by atoms with E-state index in [0.717, 1.165) is 26.1 Å². The first-order valence-corrected chi connectivity index (χ1v) is 9.11. The average Bonchev–Trinajstić information content (AvgIpc) is 3.04. The van der Waals surface area contributed by atoms with Gasteiger partial charge in [0.15, 0.2) is 5.96 Å². The summed E-state index contributed by atoms with van der Waals surface area (Å²) in [5, 5.41) is 3.25. The number of guanidine groups is 1. The number of benzene rings is 1. The minimum Gasteiger partial charge on any atom is -0.370 e. The first-order valence-electron chi connectivity index (χ1n) is 9.11. The molecule has 4 nitrogen and oxygen atoms in total. The molecule has 0 aromatic heterocycles. The van der Waals surface area contributed by atoms with Crippen LogP contribution < -0.4 is 11.1 Å². The Kier molecular flexibility index (Phi) is 7.95. The lowest BCUT2D eigenvalue weighted by Gasteiger charge is -2.20. The Bertz CT molecular complexity index is 458. The highest BCUT2D eigenvalue weighted by Gasteiger charge is 2.22. The van der Waals surface area contributed by atoms with Gasteiger partial charge in [-0.15, -0.1) is 0 Å². The molecule has 128 valence electrons. The van der Waals surface area contributed by atoms with Crippen LogP contribution in [0.25, 0.3) is 0 Å². The summed E-state index contributed by atoms with van der Waals surface area (Å²) in [4.78, 5) is 7.01. The Balaban J connectivity index is 1.52. The number of aliphatic imine (C=N–C) groups is 1. The van der Waals surface area contributed by atoms with Crippen LogP contribution in [0.5, 0.6) is 0 Å². The zero-order chi connectivity index (χ0) is 16.3. The molecule has 1 saturated heterocycles. The van der Waals surface area contributed by atoms with E-state index in [9.17, 15) is 0 Å². The lowest BCUT2D eigenvalue weighted by atomic mass is 10.1. The number of hydrogen-bond donors (Lipinski definition) is 2. The van der Waals surface area contributed by atoms with E-state index in [0.29, 0.717) is 12.0 Å². The van der Waals surface area contributed by atoms with Crippen LogP contribution in [-0.2, 0) is 6.42 Å². The maximum Gasteiger partial charge on any atom is 0.188 e. The molecule has 0 saturated carbocycles. The van der Waals surface area contributed by atoms with Crippen LogP contribution >= 0.6 is 0 Å². The second-order valence-electron chi connectivity index (χ2n) is 6.37. The van der Waals surface area contributed by atoms with Gasteiger partial charge in [-0.25, -0.2) is 0 Å². The van der Waals surface area contributed by atoms with Crippen molar-refractivity contribution in [2.24, 2.45) is 10.7 Å². The molecule has 0 spiro atoms. The molecule has 2 rings (SSSR count). The van der Waals surface area contributed by atoms with Crippen molar-refractivity contribution in [1.29, 1.82) is 0 Å². The Morgan fingerprint density at radius 2 is 2.09 bits per heavy atom. The smallest absolute Gasteiger partial charge is 0.188 e. The number of rotatable bonds is 9. The topological polar surface area (TPSA) is 53.6 Å². The second-order valence-corrected chi connectivity index (χ2v) is 6.37. The summed E-state index contributed by atoms with van der Waals surface area (Å²) < 4.78 is 0. The minimum absolute atomic E-state index is 0.589. The van der Waals surface area contributed by atoms with Gasteiger partial charge in [-0.3, -0.25) is 9.89 Å². The molecule has 0 bridgehead atoms. The highest BCUT2D eigenvalue weighted by atomic mass is 15.2. The second kappa shape index (κ2) is 10.3. The summed E-state index contributed by atoms with van der Waals surface area (Å²) in [6.45, 7) is 6.31. The van der Waals surface area contributed by atoms with E-state index in [2.05, 4.69) is 52.5 Å². The molecule has 1 atom stereocenters. The zero-order valence-corrected chi connectivity index (χ0v) is 14.5. The molecule has 23 heavy (non-hydrogen) atoms. The van der Waals surface area contributed by atoms with E-state index in [1.165, 1.54) is 44.2 Å². The predicted octanol–water partition coefficient (Wildman–Crippen LogP) is 2.79. The molecule has 1 aromatic carbocycles. The van der Waals surface area contributed by atoms with Gasteiger partial charge < -0.3 is 11.1 Å². The fourth-order valence-electron chi connectivity index (χ4n) is 3.27. The Labute approximate surface area is 141 Å². The van der Waals surface area contributed by atoms with E-state index < -0.39 is 0 Å². The van der Waals surface area contributed by atoms with E-state index in [1.807, 2.05) is 0 Å². The predicted molar refractivity (Wildman–Crippen MR) is 98.8 cm³/mol. The van der Waals surface area contributed by atoms with Crippen molar-refractivity contribution in [3.8, 4) is 0 Å². The average molecular weight is 316 g/mol. The summed E-state index contributed by atoms with van der Waals surface area (Å²) in [5.41, 5.74) is 7.39. The van der Waals surface area contributed by atoms with Crippen molar-refractivity contribution >= 4 is 5.96 Å². The van der Waals surface area contributed by atoms with Crippen molar-refractivity contribution in [2.75, 3.05) is 26.2 Å². The molecule has 4 heteroatoms. The third-order valence-electron chi connectivity index (χ3n) is 4.67. The number of hydrogen-bond acceptors (Lipinski definition) is 2. The van der Waals surface area contributed by atoms with Gasteiger partial charge in [0.25, 0.3) is 0 Å². The standard InChI is InChI=1S/C19H32N4/c1-2-23-15-9-13-18(23)16-22-19(20)21-14-8-4-7-12-17-10-5-3-6-11-17/h3,5-6,10-11,18H,2,4,7-9,12-16H2,1H3,(H3,20,21,22). The number of likely N-dealkylation sites (tertiary alicyclic amines) is 1. The van der Waals surface area contributed by atoms with Gasteiger partial charge in [0.05, 0.1) is 6.54 Å². The van der Waals surface area contributed by atoms with Gasteiger partial charge in [0, 0.05) is 12.6 Å². The molecular weight excluding hydrogens is 284 g/mol.